The molecule has 0 aromatic heterocycles. The Kier molecular flexibility index (Phi) is 34.1. The Morgan fingerprint density at radius 1 is 0.561 bits per heavy atom. The molecule has 4 nitrogen and oxygen atoms in total. The van der Waals surface area contributed by atoms with Crippen molar-refractivity contribution in [1.29, 1.82) is 0 Å². The molecule has 0 amide bonds. The first-order chi connectivity index (χ1) is 20.2. The van der Waals surface area contributed by atoms with Crippen molar-refractivity contribution >= 4 is 5.97 Å². The van der Waals surface area contributed by atoms with Gasteiger partial charge in [-0.15, -0.1) is 0 Å². The van der Waals surface area contributed by atoms with Gasteiger partial charge in [0.15, 0.2) is 0 Å². The smallest absolute Gasteiger partial charge is 0.306 e. The Bertz CT molecular complexity index is 571. The highest BCUT2D eigenvalue weighted by Gasteiger charge is 2.13. The summed E-state index contributed by atoms with van der Waals surface area (Å²) in [5, 5.41) is 9.54. The van der Waals surface area contributed by atoms with Crippen LogP contribution in [0.3, 0.4) is 0 Å². The highest BCUT2D eigenvalue weighted by Crippen LogP contribution is 2.12. The number of esters is 1. The number of hydrogen-bond acceptors (Lipinski definition) is 4. The van der Waals surface area contributed by atoms with Crippen LogP contribution in [0.2, 0.25) is 0 Å². The van der Waals surface area contributed by atoms with Gasteiger partial charge in [-0.25, -0.2) is 0 Å². The van der Waals surface area contributed by atoms with E-state index in [4.69, 9.17) is 9.47 Å². The zero-order valence-electron chi connectivity index (χ0n) is 27.6. The minimum absolute atomic E-state index is 0.175. The van der Waals surface area contributed by atoms with Crippen LogP contribution in [0.4, 0.5) is 0 Å². The summed E-state index contributed by atoms with van der Waals surface area (Å²) in [7, 11) is 0. The molecular weight excluding hydrogens is 508 g/mol. The number of unbranched alkanes of at least 4 members (excludes halogenated alkanes) is 21. The Balaban J connectivity index is 3.45. The number of aliphatic hydroxyl groups is 1. The first-order valence-electron chi connectivity index (χ1n) is 17.9. The molecule has 242 valence electrons. The molecule has 1 unspecified atom stereocenters. The maximum absolute atomic E-state index is 12.1. The SMILES string of the molecule is CCCCCC/C=C\CCCCCCCC(=O)OC(CO)COCCCCCCCC/C=C\CCCCCCCC. The van der Waals surface area contributed by atoms with Crippen molar-refractivity contribution < 1.29 is 19.4 Å². The van der Waals surface area contributed by atoms with Gasteiger partial charge in [0.1, 0.15) is 6.10 Å². The Labute approximate surface area is 256 Å². The number of carbonyl (C=O) groups is 1. The van der Waals surface area contributed by atoms with E-state index in [2.05, 4.69) is 38.2 Å². The summed E-state index contributed by atoms with van der Waals surface area (Å²) in [5.74, 6) is -0.212. The molecule has 0 heterocycles. The number of ether oxygens (including phenoxy) is 2. The summed E-state index contributed by atoms with van der Waals surface area (Å²) in [6.45, 7) is 5.31. The summed E-state index contributed by atoms with van der Waals surface area (Å²) in [5.41, 5.74) is 0. The fraction of sp³-hybridized carbons (Fsp3) is 0.865. The van der Waals surface area contributed by atoms with Gasteiger partial charge in [-0.1, -0.05) is 134 Å². The molecular formula is C37H70O4. The van der Waals surface area contributed by atoms with E-state index in [-0.39, 0.29) is 12.6 Å². The summed E-state index contributed by atoms with van der Waals surface area (Å²) in [4.78, 5) is 12.1. The fourth-order valence-corrected chi connectivity index (χ4v) is 5.02. The van der Waals surface area contributed by atoms with E-state index in [0.717, 1.165) is 19.3 Å². The molecule has 0 aliphatic rings. The van der Waals surface area contributed by atoms with Crippen molar-refractivity contribution in [3.05, 3.63) is 24.3 Å². The van der Waals surface area contributed by atoms with Gasteiger partial charge in [-0.2, -0.15) is 0 Å². The molecule has 0 aromatic rings. The van der Waals surface area contributed by atoms with Crippen molar-refractivity contribution in [2.24, 2.45) is 0 Å². The van der Waals surface area contributed by atoms with Crippen molar-refractivity contribution in [1.82, 2.24) is 0 Å². The maximum atomic E-state index is 12.1. The lowest BCUT2D eigenvalue weighted by molar-refractivity contribution is -0.154. The molecule has 0 aromatic carbocycles. The predicted molar refractivity (Wildman–Crippen MR) is 177 cm³/mol. The van der Waals surface area contributed by atoms with Crippen LogP contribution in [0.5, 0.6) is 0 Å². The minimum Gasteiger partial charge on any atom is -0.457 e. The highest BCUT2D eigenvalue weighted by atomic mass is 16.6. The molecule has 0 saturated heterocycles. The predicted octanol–water partition coefficient (Wildman–Crippen LogP) is 11.2. The van der Waals surface area contributed by atoms with Crippen LogP contribution in [-0.4, -0.2) is 37.0 Å². The first kappa shape index (κ1) is 39.9. The quantitative estimate of drug-likeness (QED) is 0.0478. The van der Waals surface area contributed by atoms with Crippen LogP contribution in [-0.2, 0) is 14.3 Å². The van der Waals surface area contributed by atoms with Crippen LogP contribution in [0, 0.1) is 0 Å². The molecule has 0 radical (unpaired) electrons. The Morgan fingerprint density at radius 3 is 1.41 bits per heavy atom. The van der Waals surface area contributed by atoms with Crippen LogP contribution in [0.1, 0.15) is 181 Å². The molecule has 1 atom stereocenters. The third-order valence-electron chi connectivity index (χ3n) is 7.75. The van der Waals surface area contributed by atoms with Gasteiger partial charge < -0.3 is 14.6 Å². The standard InChI is InChI=1S/C37H70O4/c1-3-5-7-9-11-13-15-17-18-19-21-23-25-27-29-31-33-40-35-36(34-38)41-37(39)32-30-28-26-24-22-20-16-14-12-10-8-6-4-2/h14,16-18,36,38H,3-13,15,19-35H2,1-2H3/b16-14-,18-17-. The molecule has 0 aliphatic heterocycles. The molecule has 0 rings (SSSR count). The second kappa shape index (κ2) is 35.1. The number of hydrogen-bond donors (Lipinski definition) is 1. The molecule has 0 bridgehead atoms. The van der Waals surface area contributed by atoms with Crippen molar-refractivity contribution in [2.45, 2.75) is 187 Å². The largest absolute Gasteiger partial charge is 0.457 e. The molecule has 4 heteroatoms. The van der Waals surface area contributed by atoms with Gasteiger partial charge in [0.05, 0.1) is 13.2 Å². The summed E-state index contributed by atoms with van der Waals surface area (Å²) in [6.07, 6.45) is 40.7. The van der Waals surface area contributed by atoms with Crippen LogP contribution in [0.25, 0.3) is 0 Å². The van der Waals surface area contributed by atoms with Crippen LogP contribution >= 0.6 is 0 Å². The van der Waals surface area contributed by atoms with Crippen LogP contribution in [0.15, 0.2) is 24.3 Å². The highest BCUT2D eigenvalue weighted by molar-refractivity contribution is 5.69. The zero-order chi connectivity index (χ0) is 29.9. The van der Waals surface area contributed by atoms with E-state index < -0.39 is 6.10 Å². The summed E-state index contributed by atoms with van der Waals surface area (Å²) < 4.78 is 11.1. The lowest BCUT2D eigenvalue weighted by Crippen LogP contribution is -2.27. The molecule has 0 saturated carbocycles. The topological polar surface area (TPSA) is 55.8 Å². The monoisotopic (exact) mass is 579 g/mol. The van der Waals surface area contributed by atoms with Gasteiger partial charge in [-0.3, -0.25) is 4.79 Å². The number of aliphatic hydroxyl groups excluding tert-OH is 1. The number of carbonyl (C=O) groups excluding carboxylic acids is 1. The van der Waals surface area contributed by atoms with E-state index >= 15 is 0 Å². The average molecular weight is 579 g/mol. The first-order valence-corrected chi connectivity index (χ1v) is 17.9. The van der Waals surface area contributed by atoms with Gasteiger partial charge in [0.25, 0.3) is 0 Å². The van der Waals surface area contributed by atoms with Gasteiger partial charge in [0.2, 0.25) is 0 Å². The third-order valence-corrected chi connectivity index (χ3v) is 7.75. The molecule has 1 N–H and O–H groups in total. The number of rotatable bonds is 33. The van der Waals surface area contributed by atoms with Gasteiger partial charge in [0, 0.05) is 13.0 Å². The van der Waals surface area contributed by atoms with Gasteiger partial charge in [-0.05, 0) is 64.2 Å². The van der Waals surface area contributed by atoms with E-state index in [1.807, 2.05) is 0 Å². The molecule has 0 fully saturated rings. The Hall–Kier alpha value is -1.13. The minimum atomic E-state index is -0.537. The van der Waals surface area contributed by atoms with Crippen molar-refractivity contribution in [2.75, 3.05) is 19.8 Å². The van der Waals surface area contributed by atoms with Crippen molar-refractivity contribution in [3.63, 3.8) is 0 Å². The normalized spacial score (nSPS) is 12.6. The van der Waals surface area contributed by atoms with E-state index in [1.54, 1.807) is 0 Å². The zero-order valence-corrected chi connectivity index (χ0v) is 27.6. The lowest BCUT2D eigenvalue weighted by atomic mass is 10.1. The Morgan fingerprint density at radius 2 is 0.951 bits per heavy atom. The number of allylic oxidation sites excluding steroid dienone is 4. The second-order valence-corrected chi connectivity index (χ2v) is 11.9. The summed E-state index contributed by atoms with van der Waals surface area (Å²) >= 11 is 0. The molecule has 41 heavy (non-hydrogen) atoms. The van der Waals surface area contributed by atoms with E-state index in [0.29, 0.717) is 19.6 Å². The van der Waals surface area contributed by atoms with Crippen molar-refractivity contribution in [3.8, 4) is 0 Å². The maximum Gasteiger partial charge on any atom is 0.306 e. The second-order valence-electron chi connectivity index (χ2n) is 11.9. The van der Waals surface area contributed by atoms with Crippen LogP contribution < -0.4 is 0 Å². The third kappa shape index (κ3) is 33.2. The van der Waals surface area contributed by atoms with E-state index in [1.165, 1.54) is 141 Å². The fourth-order valence-electron chi connectivity index (χ4n) is 5.02. The summed E-state index contributed by atoms with van der Waals surface area (Å²) in [6, 6.07) is 0. The van der Waals surface area contributed by atoms with Gasteiger partial charge >= 0.3 is 5.97 Å². The van der Waals surface area contributed by atoms with E-state index in [9.17, 15) is 9.90 Å². The molecule has 0 aliphatic carbocycles. The lowest BCUT2D eigenvalue weighted by Gasteiger charge is -2.15. The average Bonchev–Trinajstić information content (AvgIpc) is 2.98. The molecule has 0 spiro atoms.